The molecule has 2 aromatic heterocycles. The molecule has 0 spiro atoms. The van der Waals surface area contributed by atoms with E-state index in [2.05, 4.69) is 20.7 Å². The lowest BCUT2D eigenvalue weighted by molar-refractivity contribution is -0.122. The standard InChI is InChI=1S/C12H18N6O/c1-8(12-9(2)15-17(4)10(12)3)14-11(19)7-18-6-5-13-16-18/h5-6,8H,7H2,1-4H3,(H,14,19). The van der Waals surface area contributed by atoms with E-state index in [1.54, 1.807) is 12.4 Å². The van der Waals surface area contributed by atoms with Crippen LogP contribution in [0.3, 0.4) is 0 Å². The average molecular weight is 262 g/mol. The largest absolute Gasteiger partial charge is 0.348 e. The smallest absolute Gasteiger partial charge is 0.242 e. The van der Waals surface area contributed by atoms with E-state index in [0.717, 1.165) is 17.0 Å². The molecule has 0 aliphatic carbocycles. The number of rotatable bonds is 4. The van der Waals surface area contributed by atoms with Gasteiger partial charge in [-0.15, -0.1) is 5.10 Å². The quantitative estimate of drug-likeness (QED) is 0.870. The molecule has 0 bridgehead atoms. The van der Waals surface area contributed by atoms with Gasteiger partial charge in [0.25, 0.3) is 0 Å². The number of nitrogens with zero attached hydrogens (tertiary/aromatic N) is 5. The molecule has 0 fully saturated rings. The van der Waals surface area contributed by atoms with Crippen molar-refractivity contribution in [2.24, 2.45) is 7.05 Å². The fourth-order valence-corrected chi connectivity index (χ4v) is 2.24. The molecule has 1 amide bonds. The Morgan fingerprint density at radius 2 is 2.21 bits per heavy atom. The highest BCUT2D eigenvalue weighted by Gasteiger charge is 2.18. The number of amides is 1. The summed E-state index contributed by atoms with van der Waals surface area (Å²) < 4.78 is 3.32. The summed E-state index contributed by atoms with van der Waals surface area (Å²) in [5.41, 5.74) is 3.06. The minimum atomic E-state index is -0.0966. The van der Waals surface area contributed by atoms with Gasteiger partial charge in [-0.1, -0.05) is 5.21 Å². The van der Waals surface area contributed by atoms with Crippen molar-refractivity contribution in [2.45, 2.75) is 33.4 Å². The first kappa shape index (κ1) is 13.3. The van der Waals surface area contributed by atoms with Crippen LogP contribution >= 0.6 is 0 Å². The number of hydrogen-bond donors (Lipinski definition) is 1. The molecule has 0 saturated carbocycles. The molecule has 0 saturated heterocycles. The van der Waals surface area contributed by atoms with Gasteiger partial charge in [0.1, 0.15) is 6.54 Å². The molecule has 0 aliphatic heterocycles. The zero-order valence-electron chi connectivity index (χ0n) is 11.6. The van der Waals surface area contributed by atoms with E-state index < -0.39 is 0 Å². The van der Waals surface area contributed by atoms with Crippen LogP contribution in [0, 0.1) is 13.8 Å². The molecule has 1 atom stereocenters. The lowest BCUT2D eigenvalue weighted by atomic mass is 10.1. The summed E-state index contributed by atoms with van der Waals surface area (Å²) in [7, 11) is 1.90. The van der Waals surface area contributed by atoms with Gasteiger partial charge in [-0.2, -0.15) is 5.10 Å². The van der Waals surface area contributed by atoms with E-state index in [9.17, 15) is 4.79 Å². The number of carbonyl (C=O) groups excluding carboxylic acids is 1. The second kappa shape index (κ2) is 5.21. The van der Waals surface area contributed by atoms with E-state index in [0.29, 0.717) is 0 Å². The summed E-state index contributed by atoms with van der Waals surface area (Å²) in [6, 6.07) is -0.0790. The Hall–Kier alpha value is -2.18. The summed E-state index contributed by atoms with van der Waals surface area (Å²) >= 11 is 0. The molecule has 7 nitrogen and oxygen atoms in total. The Balaban J connectivity index is 2.04. The zero-order chi connectivity index (χ0) is 14.0. The maximum Gasteiger partial charge on any atom is 0.242 e. The van der Waals surface area contributed by atoms with Crippen molar-refractivity contribution in [1.82, 2.24) is 30.1 Å². The first-order valence-corrected chi connectivity index (χ1v) is 6.12. The first-order valence-electron chi connectivity index (χ1n) is 6.12. The fraction of sp³-hybridized carbons (Fsp3) is 0.500. The number of nitrogens with one attached hydrogen (secondary N) is 1. The zero-order valence-corrected chi connectivity index (χ0v) is 11.6. The molecule has 0 aliphatic rings. The highest BCUT2D eigenvalue weighted by atomic mass is 16.2. The van der Waals surface area contributed by atoms with Gasteiger partial charge in [0.05, 0.1) is 17.9 Å². The molecular formula is C12H18N6O. The summed E-state index contributed by atoms with van der Waals surface area (Å²) in [6.45, 7) is 6.07. The fourth-order valence-electron chi connectivity index (χ4n) is 2.24. The maximum atomic E-state index is 11.9. The van der Waals surface area contributed by atoms with E-state index in [4.69, 9.17) is 0 Å². The van der Waals surface area contributed by atoms with Crippen LogP contribution in [-0.4, -0.2) is 30.7 Å². The Bertz CT molecular complexity index is 571. The monoisotopic (exact) mass is 262 g/mol. The van der Waals surface area contributed by atoms with Gasteiger partial charge in [-0.3, -0.25) is 9.48 Å². The van der Waals surface area contributed by atoms with Crippen LogP contribution in [0.2, 0.25) is 0 Å². The molecule has 7 heteroatoms. The van der Waals surface area contributed by atoms with Crippen molar-refractivity contribution >= 4 is 5.91 Å². The lowest BCUT2D eigenvalue weighted by Gasteiger charge is -2.14. The molecule has 0 aromatic carbocycles. The second-order valence-corrected chi connectivity index (χ2v) is 4.60. The summed E-state index contributed by atoms with van der Waals surface area (Å²) in [6.07, 6.45) is 3.21. The van der Waals surface area contributed by atoms with Gasteiger partial charge >= 0.3 is 0 Å². The van der Waals surface area contributed by atoms with Gasteiger partial charge in [0, 0.05) is 24.5 Å². The topological polar surface area (TPSA) is 77.6 Å². The van der Waals surface area contributed by atoms with Crippen LogP contribution in [0.25, 0.3) is 0 Å². The van der Waals surface area contributed by atoms with Gasteiger partial charge in [0.2, 0.25) is 5.91 Å². The molecule has 2 heterocycles. The second-order valence-electron chi connectivity index (χ2n) is 4.60. The number of aromatic nitrogens is 5. The summed E-state index contributed by atoms with van der Waals surface area (Å²) in [4.78, 5) is 11.9. The normalized spacial score (nSPS) is 12.4. The highest BCUT2D eigenvalue weighted by molar-refractivity contribution is 5.76. The van der Waals surface area contributed by atoms with Gasteiger partial charge in [-0.25, -0.2) is 4.68 Å². The Morgan fingerprint density at radius 1 is 1.47 bits per heavy atom. The molecule has 1 unspecified atom stereocenters. The van der Waals surface area contributed by atoms with Crippen LogP contribution in [0.1, 0.15) is 29.9 Å². The number of hydrogen-bond acceptors (Lipinski definition) is 4. The van der Waals surface area contributed by atoms with Crippen molar-refractivity contribution in [1.29, 1.82) is 0 Å². The summed E-state index contributed by atoms with van der Waals surface area (Å²) in [5.74, 6) is -0.0966. The molecule has 2 rings (SSSR count). The van der Waals surface area contributed by atoms with Crippen molar-refractivity contribution in [3.8, 4) is 0 Å². The van der Waals surface area contributed by atoms with Crippen LogP contribution < -0.4 is 5.32 Å². The molecule has 1 N–H and O–H groups in total. The van der Waals surface area contributed by atoms with Crippen LogP contribution in [-0.2, 0) is 18.4 Å². The van der Waals surface area contributed by atoms with E-state index in [1.165, 1.54) is 4.68 Å². The van der Waals surface area contributed by atoms with E-state index >= 15 is 0 Å². The van der Waals surface area contributed by atoms with Crippen molar-refractivity contribution in [3.63, 3.8) is 0 Å². The molecule has 102 valence electrons. The van der Waals surface area contributed by atoms with Crippen LogP contribution in [0.4, 0.5) is 0 Å². The van der Waals surface area contributed by atoms with Crippen molar-refractivity contribution < 1.29 is 4.79 Å². The maximum absolute atomic E-state index is 11.9. The first-order chi connectivity index (χ1) is 8.99. The SMILES string of the molecule is Cc1nn(C)c(C)c1C(C)NC(=O)Cn1ccnn1. The molecule has 2 aromatic rings. The molecule has 19 heavy (non-hydrogen) atoms. The van der Waals surface area contributed by atoms with E-state index in [1.807, 2.05) is 32.5 Å². The van der Waals surface area contributed by atoms with Crippen molar-refractivity contribution in [2.75, 3.05) is 0 Å². The van der Waals surface area contributed by atoms with Crippen LogP contribution in [0.15, 0.2) is 12.4 Å². The Kier molecular flexibility index (Phi) is 3.64. The van der Waals surface area contributed by atoms with Crippen LogP contribution in [0.5, 0.6) is 0 Å². The summed E-state index contributed by atoms with van der Waals surface area (Å²) in [5, 5.41) is 14.7. The lowest BCUT2D eigenvalue weighted by Crippen LogP contribution is -2.30. The van der Waals surface area contributed by atoms with Gasteiger partial charge in [-0.05, 0) is 20.8 Å². The molecule has 0 radical (unpaired) electrons. The predicted molar refractivity (Wildman–Crippen MR) is 69.3 cm³/mol. The number of carbonyl (C=O) groups is 1. The third-order valence-corrected chi connectivity index (χ3v) is 3.15. The Labute approximate surface area is 111 Å². The highest BCUT2D eigenvalue weighted by Crippen LogP contribution is 2.20. The van der Waals surface area contributed by atoms with Crippen molar-refractivity contribution in [3.05, 3.63) is 29.3 Å². The minimum absolute atomic E-state index is 0.0790. The number of aryl methyl sites for hydroxylation is 2. The predicted octanol–water partition coefficient (Wildman–Crippen LogP) is 0.506. The average Bonchev–Trinajstić information content (AvgIpc) is 2.88. The third kappa shape index (κ3) is 2.81. The Morgan fingerprint density at radius 3 is 2.74 bits per heavy atom. The van der Waals surface area contributed by atoms with E-state index in [-0.39, 0.29) is 18.5 Å². The molecular weight excluding hydrogens is 244 g/mol. The van der Waals surface area contributed by atoms with Gasteiger partial charge < -0.3 is 5.32 Å². The third-order valence-electron chi connectivity index (χ3n) is 3.15. The van der Waals surface area contributed by atoms with Gasteiger partial charge in [0.15, 0.2) is 0 Å². The minimum Gasteiger partial charge on any atom is -0.348 e.